The molecule has 0 radical (unpaired) electrons. The molecule has 0 atom stereocenters. The number of pyridine rings is 2. The smallest absolute Gasteiger partial charge is 0.251 e. The van der Waals surface area contributed by atoms with E-state index in [9.17, 15) is 14.4 Å². The van der Waals surface area contributed by atoms with Crippen molar-refractivity contribution in [1.82, 2.24) is 19.4 Å². The van der Waals surface area contributed by atoms with E-state index < -0.39 is 5.91 Å². The van der Waals surface area contributed by atoms with Gasteiger partial charge in [0.25, 0.3) is 11.5 Å². The third-order valence-electron chi connectivity index (χ3n) is 6.76. The number of nitrogens with one attached hydrogen (secondary N) is 1. The summed E-state index contributed by atoms with van der Waals surface area (Å²) >= 11 is 6.35. The highest BCUT2D eigenvalue weighted by molar-refractivity contribution is 6.31. The molecule has 6 rings (SSSR count). The zero-order valence-corrected chi connectivity index (χ0v) is 24.4. The number of fused-ring (bicyclic) bond motifs is 1. The van der Waals surface area contributed by atoms with E-state index in [-0.39, 0.29) is 34.6 Å². The fraction of sp³-hybridized carbons (Fsp3) is 0.118. The van der Waals surface area contributed by atoms with Crippen molar-refractivity contribution in [2.75, 3.05) is 0 Å². The lowest BCUT2D eigenvalue weighted by Gasteiger charge is -2.19. The first-order valence-electron chi connectivity index (χ1n) is 13.8. The number of hydrogen-bond acceptors (Lipinski definition) is 5. The Bertz CT molecular complexity index is 1980. The standard InChI is InChI=1S/C32H23ClN4O4.C2H6/c33-23-11-12-25-27(18-23)37(24-9-5-2-6-10-24)29(32-34-14-16-41-32)26(30(25)39)19-35-31(40)22-13-15-36(28(38)17-22)20-21-7-3-1-4-8-21;1-2/h1-18H,19-20H2,(H,35,40);1-2H3. The molecular weight excluding hydrogens is 564 g/mol. The number of hydrogen-bond donors (Lipinski definition) is 1. The number of para-hydroxylation sites is 1. The molecule has 0 saturated heterocycles. The van der Waals surface area contributed by atoms with Gasteiger partial charge in [0, 0.05) is 46.0 Å². The van der Waals surface area contributed by atoms with Gasteiger partial charge in [-0.1, -0.05) is 74.0 Å². The lowest BCUT2D eigenvalue weighted by atomic mass is 10.1. The predicted molar refractivity (Wildman–Crippen MR) is 169 cm³/mol. The van der Waals surface area contributed by atoms with Gasteiger partial charge in [-0.2, -0.15) is 0 Å². The van der Waals surface area contributed by atoms with Crippen molar-refractivity contribution in [1.29, 1.82) is 0 Å². The number of rotatable bonds is 7. The Morgan fingerprint density at radius 1 is 0.930 bits per heavy atom. The number of oxazole rings is 1. The number of carbonyl (C=O) groups excluding carboxylic acids is 1. The van der Waals surface area contributed by atoms with Gasteiger partial charge >= 0.3 is 0 Å². The molecule has 3 heterocycles. The first-order chi connectivity index (χ1) is 21.0. The Morgan fingerprint density at radius 2 is 1.65 bits per heavy atom. The summed E-state index contributed by atoms with van der Waals surface area (Å²) < 4.78 is 9.04. The van der Waals surface area contributed by atoms with E-state index in [1.165, 1.54) is 23.1 Å². The average Bonchev–Trinajstić information content (AvgIpc) is 3.58. The van der Waals surface area contributed by atoms with E-state index >= 15 is 0 Å². The second-order valence-electron chi connectivity index (χ2n) is 9.38. The van der Waals surface area contributed by atoms with Crippen molar-refractivity contribution in [3.8, 4) is 17.3 Å². The van der Waals surface area contributed by atoms with Crippen molar-refractivity contribution < 1.29 is 9.21 Å². The second kappa shape index (κ2) is 13.2. The maximum Gasteiger partial charge on any atom is 0.251 e. The number of carbonyl (C=O) groups is 1. The fourth-order valence-electron chi connectivity index (χ4n) is 4.81. The van der Waals surface area contributed by atoms with Crippen molar-refractivity contribution in [3.63, 3.8) is 0 Å². The molecular formula is C34H29ClN4O4. The number of aromatic nitrogens is 3. The van der Waals surface area contributed by atoms with Gasteiger partial charge in [-0.3, -0.25) is 14.4 Å². The van der Waals surface area contributed by atoms with Gasteiger partial charge in [0.1, 0.15) is 12.0 Å². The van der Waals surface area contributed by atoms with Gasteiger partial charge in [-0.05, 0) is 42.0 Å². The van der Waals surface area contributed by atoms with Crippen LogP contribution in [0.2, 0.25) is 5.02 Å². The molecule has 1 N–H and O–H groups in total. The average molecular weight is 593 g/mol. The summed E-state index contributed by atoms with van der Waals surface area (Å²) in [4.78, 5) is 44.1. The minimum Gasteiger partial charge on any atom is -0.443 e. The van der Waals surface area contributed by atoms with Crippen molar-refractivity contribution in [3.05, 3.63) is 152 Å². The van der Waals surface area contributed by atoms with E-state index in [1.54, 1.807) is 30.5 Å². The zero-order valence-electron chi connectivity index (χ0n) is 23.7. The summed E-state index contributed by atoms with van der Waals surface area (Å²) in [6.45, 7) is 4.26. The van der Waals surface area contributed by atoms with Crippen LogP contribution < -0.4 is 16.3 Å². The third-order valence-corrected chi connectivity index (χ3v) is 6.99. The normalized spacial score (nSPS) is 10.7. The summed E-state index contributed by atoms with van der Waals surface area (Å²) in [5, 5.41) is 3.69. The summed E-state index contributed by atoms with van der Waals surface area (Å²) in [7, 11) is 0. The van der Waals surface area contributed by atoms with E-state index in [0.717, 1.165) is 11.3 Å². The van der Waals surface area contributed by atoms with Gasteiger partial charge in [-0.25, -0.2) is 4.98 Å². The number of nitrogens with zero attached hydrogens (tertiary/aromatic N) is 3. The molecule has 0 aliphatic rings. The first-order valence-corrected chi connectivity index (χ1v) is 14.2. The lowest BCUT2D eigenvalue weighted by Crippen LogP contribution is -2.30. The predicted octanol–water partition coefficient (Wildman–Crippen LogP) is 6.47. The van der Waals surface area contributed by atoms with Gasteiger partial charge in [0.05, 0.1) is 18.3 Å². The van der Waals surface area contributed by atoms with E-state index in [0.29, 0.717) is 28.2 Å². The van der Waals surface area contributed by atoms with Gasteiger partial charge < -0.3 is 18.9 Å². The molecule has 0 saturated carbocycles. The first kappa shape index (κ1) is 29.3. The molecule has 0 bridgehead atoms. The summed E-state index contributed by atoms with van der Waals surface area (Å²) in [5.74, 6) is -0.283. The largest absolute Gasteiger partial charge is 0.443 e. The van der Waals surface area contributed by atoms with Crippen LogP contribution in [0.3, 0.4) is 0 Å². The van der Waals surface area contributed by atoms with Gasteiger partial charge in [0.2, 0.25) is 5.89 Å². The van der Waals surface area contributed by atoms with E-state index in [4.69, 9.17) is 16.0 Å². The molecule has 9 heteroatoms. The van der Waals surface area contributed by atoms with Crippen LogP contribution in [0.4, 0.5) is 0 Å². The maximum atomic E-state index is 13.8. The number of amides is 1. The topological polar surface area (TPSA) is 99.1 Å². The van der Waals surface area contributed by atoms with Gasteiger partial charge in [0.15, 0.2) is 5.43 Å². The number of benzene rings is 3. The van der Waals surface area contributed by atoms with Crippen LogP contribution in [0.5, 0.6) is 0 Å². The van der Waals surface area contributed by atoms with Gasteiger partial charge in [-0.15, -0.1) is 0 Å². The lowest BCUT2D eigenvalue weighted by molar-refractivity contribution is 0.0950. The summed E-state index contributed by atoms with van der Waals surface area (Å²) in [6.07, 6.45) is 4.50. The van der Waals surface area contributed by atoms with Crippen molar-refractivity contribution in [2.45, 2.75) is 26.9 Å². The third kappa shape index (κ3) is 6.19. The minimum atomic E-state index is -0.492. The molecule has 0 fully saturated rings. The maximum absolute atomic E-state index is 13.8. The van der Waals surface area contributed by atoms with Crippen LogP contribution in [0.15, 0.2) is 124 Å². The van der Waals surface area contributed by atoms with Crippen LogP contribution in [0.25, 0.3) is 28.2 Å². The highest BCUT2D eigenvalue weighted by Crippen LogP contribution is 2.30. The molecule has 8 nitrogen and oxygen atoms in total. The van der Waals surface area contributed by atoms with E-state index in [2.05, 4.69) is 10.3 Å². The molecule has 3 aromatic carbocycles. The quantitative estimate of drug-likeness (QED) is 0.229. The molecule has 0 spiro atoms. The molecule has 43 heavy (non-hydrogen) atoms. The number of halogens is 1. The van der Waals surface area contributed by atoms with Crippen LogP contribution in [0.1, 0.15) is 35.3 Å². The molecule has 0 unspecified atom stereocenters. The SMILES string of the molecule is CC.O=C(NCc1c(-c2ncco2)n(-c2ccccc2)c2cc(Cl)ccc2c1=O)c1ccn(Cc2ccccc2)c(=O)c1. The van der Waals surface area contributed by atoms with Crippen LogP contribution in [0, 0.1) is 0 Å². The Balaban J connectivity index is 0.00000180. The molecule has 0 aliphatic heterocycles. The highest BCUT2D eigenvalue weighted by Gasteiger charge is 2.23. The molecule has 3 aromatic heterocycles. The Kier molecular flexibility index (Phi) is 8.98. The minimum absolute atomic E-state index is 0.131. The van der Waals surface area contributed by atoms with Crippen LogP contribution in [-0.2, 0) is 13.1 Å². The Hall–Kier alpha value is -5.21. The van der Waals surface area contributed by atoms with Crippen molar-refractivity contribution in [2.24, 2.45) is 0 Å². The molecule has 1 amide bonds. The monoisotopic (exact) mass is 592 g/mol. The second-order valence-corrected chi connectivity index (χ2v) is 9.81. The van der Waals surface area contributed by atoms with Crippen LogP contribution in [-0.4, -0.2) is 20.0 Å². The summed E-state index contributed by atoms with van der Waals surface area (Å²) in [6, 6.07) is 26.9. The highest BCUT2D eigenvalue weighted by atomic mass is 35.5. The van der Waals surface area contributed by atoms with Crippen molar-refractivity contribution >= 4 is 28.4 Å². The molecule has 6 aromatic rings. The molecule has 0 aliphatic carbocycles. The Morgan fingerprint density at radius 3 is 2.33 bits per heavy atom. The van der Waals surface area contributed by atoms with E-state index in [1.807, 2.05) is 79.1 Å². The van der Waals surface area contributed by atoms with Crippen LogP contribution >= 0.6 is 11.6 Å². The summed E-state index contributed by atoms with van der Waals surface area (Å²) in [5.41, 5.74) is 2.54. The fourth-order valence-corrected chi connectivity index (χ4v) is 4.98. The molecule has 216 valence electrons. The Labute approximate surface area is 252 Å². The zero-order chi connectivity index (χ0) is 30.3.